The van der Waals surface area contributed by atoms with Crippen LogP contribution in [0.1, 0.15) is 14.5 Å². The van der Waals surface area contributed by atoms with E-state index in [1.165, 1.54) is 17.5 Å². The van der Waals surface area contributed by atoms with Crippen LogP contribution in [0, 0.1) is 6.92 Å². The number of thiophene rings is 1. The Morgan fingerprint density at radius 3 is 2.88 bits per heavy atom. The lowest BCUT2D eigenvalue weighted by atomic mass is 10.4. The van der Waals surface area contributed by atoms with Gasteiger partial charge in [0.2, 0.25) is 5.28 Å². The summed E-state index contributed by atoms with van der Waals surface area (Å²) in [4.78, 5) is 21.1. The highest BCUT2D eigenvalue weighted by molar-refractivity contribution is 7.14. The first-order valence-electron chi connectivity index (χ1n) is 4.51. The van der Waals surface area contributed by atoms with E-state index in [1.54, 1.807) is 12.1 Å². The van der Waals surface area contributed by atoms with Gasteiger partial charge in [0.05, 0.1) is 4.88 Å². The Hall–Kier alpha value is -1.46. The minimum absolute atomic E-state index is 0.111. The highest BCUT2D eigenvalue weighted by Gasteiger charge is 2.09. The third-order valence-corrected chi connectivity index (χ3v) is 3.01. The number of hydrogen-bond donors (Lipinski definition) is 1. The minimum atomic E-state index is -0.187. The number of aromatic nitrogens is 2. The molecule has 82 valence electrons. The van der Waals surface area contributed by atoms with Gasteiger partial charge in [0.25, 0.3) is 5.91 Å². The molecule has 0 radical (unpaired) electrons. The van der Waals surface area contributed by atoms with E-state index in [1.807, 2.05) is 13.0 Å². The molecule has 0 aliphatic rings. The van der Waals surface area contributed by atoms with Gasteiger partial charge in [-0.2, -0.15) is 0 Å². The molecule has 2 aromatic rings. The largest absolute Gasteiger partial charge is 0.306 e. The Labute approximate surface area is 101 Å². The zero-order chi connectivity index (χ0) is 11.5. The monoisotopic (exact) mass is 253 g/mol. The molecular formula is C10H8ClN3OS. The lowest BCUT2D eigenvalue weighted by Crippen LogP contribution is -2.11. The number of nitrogens with zero attached hydrogens (tertiary/aromatic N) is 2. The summed E-state index contributed by atoms with van der Waals surface area (Å²) >= 11 is 7.04. The first-order valence-corrected chi connectivity index (χ1v) is 5.71. The van der Waals surface area contributed by atoms with Gasteiger partial charge in [0.1, 0.15) is 5.82 Å². The molecule has 0 spiro atoms. The number of carbonyl (C=O) groups is 1. The lowest BCUT2D eigenvalue weighted by molar-refractivity contribution is 0.103. The SMILES string of the molecule is Cc1ccc(C(=O)Nc2ccnc(Cl)n2)s1. The second-order valence-electron chi connectivity index (χ2n) is 3.08. The number of aryl methyl sites for hydroxylation is 1. The Morgan fingerprint density at radius 1 is 1.44 bits per heavy atom. The zero-order valence-electron chi connectivity index (χ0n) is 8.40. The van der Waals surface area contributed by atoms with Crippen LogP contribution < -0.4 is 5.32 Å². The molecule has 0 fully saturated rings. The molecule has 0 saturated carbocycles. The van der Waals surface area contributed by atoms with E-state index in [4.69, 9.17) is 11.6 Å². The molecule has 0 saturated heterocycles. The molecule has 0 atom stereocenters. The standard InChI is InChI=1S/C10H8ClN3OS/c1-6-2-3-7(16-6)9(15)13-8-4-5-12-10(11)14-8/h2-5H,1H3,(H,12,13,14,15). The first kappa shape index (κ1) is 11.0. The van der Waals surface area contributed by atoms with Crippen molar-refractivity contribution in [1.29, 1.82) is 0 Å². The zero-order valence-corrected chi connectivity index (χ0v) is 9.97. The maximum Gasteiger partial charge on any atom is 0.266 e. The quantitative estimate of drug-likeness (QED) is 0.838. The fourth-order valence-corrected chi connectivity index (χ4v) is 2.05. The fourth-order valence-electron chi connectivity index (χ4n) is 1.14. The number of anilines is 1. The van der Waals surface area contributed by atoms with Crippen LogP contribution in [0.25, 0.3) is 0 Å². The van der Waals surface area contributed by atoms with Crippen molar-refractivity contribution in [3.63, 3.8) is 0 Å². The molecule has 0 unspecified atom stereocenters. The van der Waals surface area contributed by atoms with E-state index < -0.39 is 0 Å². The van der Waals surface area contributed by atoms with Crippen molar-refractivity contribution in [2.24, 2.45) is 0 Å². The Bertz CT molecular complexity index is 526. The van der Waals surface area contributed by atoms with Gasteiger partial charge < -0.3 is 5.32 Å². The summed E-state index contributed by atoms with van der Waals surface area (Å²) in [7, 11) is 0. The van der Waals surface area contributed by atoms with Gasteiger partial charge in [-0.1, -0.05) is 0 Å². The van der Waals surface area contributed by atoms with Gasteiger partial charge in [-0.15, -0.1) is 11.3 Å². The van der Waals surface area contributed by atoms with Crippen LogP contribution in [0.3, 0.4) is 0 Å². The molecule has 4 nitrogen and oxygen atoms in total. The van der Waals surface area contributed by atoms with Gasteiger partial charge in [-0.3, -0.25) is 4.79 Å². The van der Waals surface area contributed by atoms with E-state index in [0.29, 0.717) is 10.7 Å². The average Bonchev–Trinajstić information content (AvgIpc) is 2.65. The van der Waals surface area contributed by atoms with Crippen molar-refractivity contribution >= 4 is 34.7 Å². The van der Waals surface area contributed by atoms with Crippen LogP contribution in [0.5, 0.6) is 0 Å². The molecule has 6 heteroatoms. The molecule has 16 heavy (non-hydrogen) atoms. The Kier molecular flexibility index (Phi) is 3.17. The summed E-state index contributed by atoms with van der Waals surface area (Å²) in [6.45, 7) is 1.95. The molecule has 0 aromatic carbocycles. The smallest absolute Gasteiger partial charge is 0.266 e. The van der Waals surface area contributed by atoms with E-state index >= 15 is 0 Å². The van der Waals surface area contributed by atoms with Crippen LogP contribution in [0.15, 0.2) is 24.4 Å². The summed E-state index contributed by atoms with van der Waals surface area (Å²) in [5, 5.41) is 2.76. The van der Waals surface area contributed by atoms with Gasteiger partial charge >= 0.3 is 0 Å². The highest BCUT2D eigenvalue weighted by Crippen LogP contribution is 2.16. The van der Waals surface area contributed by atoms with Gasteiger partial charge in [-0.25, -0.2) is 9.97 Å². The second kappa shape index (κ2) is 4.59. The van der Waals surface area contributed by atoms with Gasteiger partial charge in [-0.05, 0) is 36.7 Å². The van der Waals surface area contributed by atoms with Crippen molar-refractivity contribution < 1.29 is 4.79 Å². The highest BCUT2D eigenvalue weighted by atomic mass is 35.5. The van der Waals surface area contributed by atoms with Crippen LogP contribution in [0.2, 0.25) is 5.28 Å². The van der Waals surface area contributed by atoms with Crippen molar-refractivity contribution in [2.45, 2.75) is 6.92 Å². The molecular weight excluding hydrogens is 246 g/mol. The number of carbonyl (C=O) groups excluding carboxylic acids is 1. The van der Waals surface area contributed by atoms with Gasteiger partial charge in [0.15, 0.2) is 0 Å². The predicted octanol–water partition coefficient (Wildman–Crippen LogP) is 2.75. The predicted molar refractivity (Wildman–Crippen MR) is 64.1 cm³/mol. The third-order valence-electron chi connectivity index (χ3n) is 1.83. The van der Waals surface area contributed by atoms with Crippen LogP contribution >= 0.6 is 22.9 Å². The van der Waals surface area contributed by atoms with Crippen molar-refractivity contribution in [2.75, 3.05) is 5.32 Å². The molecule has 1 N–H and O–H groups in total. The second-order valence-corrected chi connectivity index (χ2v) is 4.70. The van der Waals surface area contributed by atoms with Crippen LogP contribution in [-0.4, -0.2) is 15.9 Å². The van der Waals surface area contributed by atoms with E-state index in [2.05, 4.69) is 15.3 Å². The van der Waals surface area contributed by atoms with E-state index in [0.717, 1.165) is 4.88 Å². The Balaban J connectivity index is 2.13. The number of rotatable bonds is 2. The topological polar surface area (TPSA) is 54.9 Å². The summed E-state index contributed by atoms with van der Waals surface area (Å²) in [5.41, 5.74) is 0. The summed E-state index contributed by atoms with van der Waals surface area (Å²) in [6, 6.07) is 5.26. The van der Waals surface area contributed by atoms with Gasteiger partial charge in [0, 0.05) is 11.1 Å². The van der Waals surface area contributed by atoms with E-state index in [-0.39, 0.29) is 11.2 Å². The molecule has 0 aliphatic carbocycles. The minimum Gasteiger partial charge on any atom is -0.306 e. The molecule has 0 aliphatic heterocycles. The number of hydrogen-bond acceptors (Lipinski definition) is 4. The maximum atomic E-state index is 11.7. The molecule has 0 bridgehead atoms. The molecule has 1 amide bonds. The summed E-state index contributed by atoms with van der Waals surface area (Å²) < 4.78 is 0. The van der Waals surface area contributed by atoms with Crippen LogP contribution in [0.4, 0.5) is 5.82 Å². The summed E-state index contributed by atoms with van der Waals surface area (Å²) in [5.74, 6) is 0.212. The summed E-state index contributed by atoms with van der Waals surface area (Å²) in [6.07, 6.45) is 1.49. The lowest BCUT2D eigenvalue weighted by Gasteiger charge is -2.01. The normalized spacial score (nSPS) is 10.1. The van der Waals surface area contributed by atoms with Crippen molar-refractivity contribution in [1.82, 2.24) is 9.97 Å². The molecule has 2 heterocycles. The van der Waals surface area contributed by atoms with Crippen molar-refractivity contribution in [3.8, 4) is 0 Å². The number of halogens is 1. The maximum absolute atomic E-state index is 11.7. The van der Waals surface area contributed by atoms with Crippen molar-refractivity contribution in [3.05, 3.63) is 39.4 Å². The third kappa shape index (κ3) is 2.56. The molecule has 2 rings (SSSR count). The van der Waals surface area contributed by atoms with E-state index in [9.17, 15) is 4.79 Å². The number of nitrogens with one attached hydrogen (secondary N) is 1. The van der Waals surface area contributed by atoms with Crippen LogP contribution in [-0.2, 0) is 0 Å². The Morgan fingerprint density at radius 2 is 2.25 bits per heavy atom. The number of amides is 1. The average molecular weight is 254 g/mol. The molecule has 2 aromatic heterocycles. The fraction of sp³-hybridized carbons (Fsp3) is 0.100. The first-order chi connectivity index (χ1) is 7.65.